The van der Waals surface area contributed by atoms with Crippen LogP contribution in [0.1, 0.15) is 70.5 Å². The summed E-state index contributed by atoms with van der Waals surface area (Å²) in [5.74, 6) is 1.05. The van der Waals surface area contributed by atoms with Crippen molar-refractivity contribution in [3.8, 4) is 0 Å². The molecule has 0 spiro atoms. The molecule has 0 bridgehead atoms. The van der Waals surface area contributed by atoms with Crippen LogP contribution < -0.4 is 5.32 Å². The van der Waals surface area contributed by atoms with Crippen LogP contribution in [0, 0.1) is 6.92 Å². The predicted octanol–water partition coefficient (Wildman–Crippen LogP) is 3.96. The van der Waals surface area contributed by atoms with Crippen molar-refractivity contribution in [2.45, 2.75) is 71.3 Å². The number of nitrogens with one attached hydrogen (secondary N) is 1. The van der Waals surface area contributed by atoms with Crippen LogP contribution in [0.25, 0.3) is 0 Å². The Morgan fingerprint density at radius 2 is 1.96 bits per heavy atom. The Balaban J connectivity index is 2.19. The molecular formula is C18H27N3O2. The summed E-state index contributed by atoms with van der Waals surface area (Å²) in [6.07, 6.45) is 12.6. The zero-order chi connectivity index (χ0) is 16.7. The summed E-state index contributed by atoms with van der Waals surface area (Å²) in [5, 5.41) is 7.27. The molecule has 1 saturated carbocycles. The van der Waals surface area contributed by atoms with Crippen molar-refractivity contribution in [3.05, 3.63) is 35.5 Å². The number of hydrogen-bond acceptors (Lipinski definition) is 4. The first-order valence-electron chi connectivity index (χ1n) is 8.56. The Morgan fingerprint density at radius 1 is 1.26 bits per heavy atom. The van der Waals surface area contributed by atoms with Crippen molar-refractivity contribution < 1.29 is 9.32 Å². The molecule has 1 amide bonds. The zero-order valence-corrected chi connectivity index (χ0v) is 14.4. The van der Waals surface area contributed by atoms with Crippen LogP contribution in [-0.4, -0.2) is 16.0 Å². The first-order chi connectivity index (χ1) is 11.1. The van der Waals surface area contributed by atoms with Gasteiger partial charge in [0.25, 0.3) is 0 Å². The van der Waals surface area contributed by atoms with Crippen molar-refractivity contribution in [2.75, 3.05) is 0 Å². The predicted molar refractivity (Wildman–Crippen MR) is 89.7 cm³/mol. The van der Waals surface area contributed by atoms with Gasteiger partial charge in [0.05, 0.1) is 0 Å². The molecule has 5 heteroatoms. The molecule has 0 radical (unpaired) electrons. The Morgan fingerprint density at radius 3 is 2.48 bits per heavy atom. The number of hydrogen-bond donors (Lipinski definition) is 1. The maximum atomic E-state index is 12.4. The molecule has 1 N–H and O–H groups in total. The lowest BCUT2D eigenvalue weighted by Crippen LogP contribution is -2.45. The van der Waals surface area contributed by atoms with E-state index in [0.717, 1.165) is 37.7 Å². The summed E-state index contributed by atoms with van der Waals surface area (Å²) in [4.78, 5) is 16.8. The first kappa shape index (κ1) is 17.4. The van der Waals surface area contributed by atoms with Crippen LogP contribution in [0.3, 0.4) is 0 Å². The van der Waals surface area contributed by atoms with Gasteiger partial charge in [0, 0.05) is 13.0 Å². The van der Waals surface area contributed by atoms with Crippen molar-refractivity contribution in [2.24, 2.45) is 0 Å². The van der Waals surface area contributed by atoms with Gasteiger partial charge in [0.15, 0.2) is 5.82 Å². The van der Waals surface area contributed by atoms with Gasteiger partial charge >= 0.3 is 0 Å². The minimum atomic E-state index is -0.502. The smallest absolute Gasteiger partial charge is 0.244 e. The van der Waals surface area contributed by atoms with Crippen molar-refractivity contribution in [1.29, 1.82) is 0 Å². The summed E-state index contributed by atoms with van der Waals surface area (Å²) < 4.78 is 5.16. The number of carbonyl (C=O) groups is 1. The number of aromatic nitrogens is 2. The molecule has 1 aliphatic carbocycles. The van der Waals surface area contributed by atoms with Gasteiger partial charge in [-0.3, -0.25) is 4.79 Å². The first-order valence-corrected chi connectivity index (χ1v) is 8.56. The second-order valence-corrected chi connectivity index (χ2v) is 6.17. The molecule has 0 saturated heterocycles. The number of aryl methyl sites for hydroxylation is 1. The molecule has 23 heavy (non-hydrogen) atoms. The molecule has 0 aliphatic heterocycles. The van der Waals surface area contributed by atoms with Crippen molar-refractivity contribution in [1.82, 2.24) is 15.5 Å². The normalized spacial score (nSPS) is 18.8. The van der Waals surface area contributed by atoms with Gasteiger partial charge in [-0.15, -0.1) is 0 Å². The lowest BCUT2D eigenvalue weighted by molar-refractivity contribution is -0.118. The number of rotatable bonds is 5. The van der Waals surface area contributed by atoms with Gasteiger partial charge in [0.1, 0.15) is 5.54 Å². The van der Waals surface area contributed by atoms with Gasteiger partial charge in [-0.05, 0) is 26.2 Å². The van der Waals surface area contributed by atoms with Crippen LogP contribution in [-0.2, 0) is 10.3 Å². The van der Waals surface area contributed by atoms with E-state index in [1.165, 1.54) is 12.8 Å². The summed E-state index contributed by atoms with van der Waals surface area (Å²) in [6, 6.07) is 0. The fourth-order valence-corrected chi connectivity index (χ4v) is 3.11. The Hall–Kier alpha value is -1.91. The Kier molecular flexibility index (Phi) is 6.13. The highest BCUT2D eigenvalue weighted by Crippen LogP contribution is 2.34. The molecule has 2 rings (SSSR count). The zero-order valence-electron chi connectivity index (χ0n) is 14.4. The quantitative estimate of drug-likeness (QED) is 0.507. The van der Waals surface area contributed by atoms with E-state index in [2.05, 4.69) is 22.4 Å². The molecule has 5 nitrogen and oxygen atoms in total. The van der Waals surface area contributed by atoms with Crippen LogP contribution in [0.4, 0.5) is 0 Å². The van der Waals surface area contributed by atoms with E-state index in [9.17, 15) is 4.79 Å². The average molecular weight is 317 g/mol. The second-order valence-electron chi connectivity index (χ2n) is 6.17. The summed E-state index contributed by atoms with van der Waals surface area (Å²) in [6.45, 7) is 5.84. The molecule has 0 unspecified atom stereocenters. The fraction of sp³-hybridized carbons (Fsp3) is 0.611. The highest BCUT2D eigenvalue weighted by molar-refractivity contribution is 5.88. The molecule has 1 aromatic rings. The largest absolute Gasteiger partial charge is 0.340 e. The third-order valence-corrected chi connectivity index (χ3v) is 4.50. The molecule has 0 aromatic carbocycles. The average Bonchev–Trinajstić information content (AvgIpc) is 2.85. The van der Waals surface area contributed by atoms with E-state index in [4.69, 9.17) is 4.52 Å². The maximum Gasteiger partial charge on any atom is 0.244 e. The lowest BCUT2D eigenvalue weighted by atomic mass is 9.89. The minimum absolute atomic E-state index is 0.0952. The Bertz CT molecular complexity index is 579. The van der Waals surface area contributed by atoms with E-state index < -0.39 is 5.54 Å². The van der Waals surface area contributed by atoms with Crippen molar-refractivity contribution >= 4 is 5.91 Å². The number of allylic oxidation sites excluding steroid dienone is 3. The number of amides is 1. The van der Waals surface area contributed by atoms with E-state index in [1.54, 1.807) is 13.0 Å². The lowest BCUT2D eigenvalue weighted by Gasteiger charge is -2.30. The summed E-state index contributed by atoms with van der Waals surface area (Å²) >= 11 is 0. The summed E-state index contributed by atoms with van der Waals surface area (Å²) in [7, 11) is 0. The van der Waals surface area contributed by atoms with E-state index in [1.807, 2.05) is 19.1 Å². The van der Waals surface area contributed by atoms with E-state index in [-0.39, 0.29) is 5.91 Å². The third kappa shape index (κ3) is 4.53. The van der Waals surface area contributed by atoms with Crippen LogP contribution in [0.2, 0.25) is 0 Å². The SMILES string of the molecule is CC=C(C=CC(=O)NC1(c2noc(C)n2)CCCCCC1)CC. The number of carbonyl (C=O) groups excluding carboxylic acids is 1. The molecular weight excluding hydrogens is 290 g/mol. The number of nitrogens with zero attached hydrogens (tertiary/aromatic N) is 2. The van der Waals surface area contributed by atoms with Gasteiger partial charge < -0.3 is 9.84 Å². The van der Waals surface area contributed by atoms with Gasteiger partial charge in [-0.25, -0.2) is 0 Å². The molecule has 1 heterocycles. The molecule has 126 valence electrons. The maximum absolute atomic E-state index is 12.4. The Labute approximate surface area is 138 Å². The van der Waals surface area contributed by atoms with Crippen LogP contribution in [0.15, 0.2) is 28.3 Å². The highest BCUT2D eigenvalue weighted by atomic mass is 16.5. The molecule has 1 aliphatic rings. The highest BCUT2D eigenvalue weighted by Gasteiger charge is 2.38. The monoisotopic (exact) mass is 317 g/mol. The standard InChI is InChI=1S/C18H27N3O2/c1-4-15(5-2)10-11-16(22)20-18(12-8-6-7-9-13-18)17-19-14(3)23-21-17/h4,10-11H,5-9,12-13H2,1-3H3,(H,20,22). The van der Waals surface area contributed by atoms with Crippen molar-refractivity contribution in [3.63, 3.8) is 0 Å². The van der Waals surface area contributed by atoms with E-state index >= 15 is 0 Å². The molecule has 0 atom stereocenters. The van der Waals surface area contributed by atoms with Gasteiger partial charge in [-0.1, -0.05) is 55.5 Å². The van der Waals surface area contributed by atoms with Crippen LogP contribution in [0.5, 0.6) is 0 Å². The van der Waals surface area contributed by atoms with E-state index in [0.29, 0.717) is 11.7 Å². The van der Waals surface area contributed by atoms with Gasteiger partial charge in [-0.2, -0.15) is 4.98 Å². The third-order valence-electron chi connectivity index (χ3n) is 4.50. The minimum Gasteiger partial charge on any atom is -0.340 e. The fourth-order valence-electron chi connectivity index (χ4n) is 3.11. The topological polar surface area (TPSA) is 68.0 Å². The molecule has 1 fully saturated rings. The molecule has 1 aromatic heterocycles. The van der Waals surface area contributed by atoms with Gasteiger partial charge in [0.2, 0.25) is 11.8 Å². The van der Waals surface area contributed by atoms with Crippen LogP contribution >= 0.6 is 0 Å². The summed E-state index contributed by atoms with van der Waals surface area (Å²) in [5.41, 5.74) is 0.642. The second kappa shape index (κ2) is 8.09.